The minimum Gasteiger partial charge on any atom is -0.373 e. The molecule has 7 heteroatoms. The lowest BCUT2D eigenvalue weighted by atomic mass is 9.98. The van der Waals surface area contributed by atoms with Crippen LogP contribution >= 0.6 is 11.3 Å². The van der Waals surface area contributed by atoms with Crippen LogP contribution < -0.4 is 5.32 Å². The number of aryl methyl sites for hydroxylation is 1. The highest BCUT2D eigenvalue weighted by molar-refractivity contribution is 7.07. The summed E-state index contributed by atoms with van der Waals surface area (Å²) in [6, 6.07) is 1.93. The van der Waals surface area contributed by atoms with Crippen LogP contribution in [0.5, 0.6) is 0 Å². The van der Waals surface area contributed by atoms with E-state index in [1.807, 2.05) is 24.9 Å². The monoisotopic (exact) mass is 289 g/mol. The predicted molar refractivity (Wildman–Crippen MR) is 76.8 cm³/mol. The van der Waals surface area contributed by atoms with Crippen LogP contribution in [0.1, 0.15) is 34.5 Å². The molecule has 0 unspecified atom stereocenters. The predicted octanol–water partition coefficient (Wildman–Crippen LogP) is 1.87. The van der Waals surface area contributed by atoms with E-state index in [0.29, 0.717) is 11.5 Å². The SMILES string of the molecule is CNc1cc([C@H]2CCN2C(=O)c2cscn2)nc(C)n1. The van der Waals surface area contributed by atoms with Gasteiger partial charge in [0, 0.05) is 25.0 Å². The Morgan fingerprint density at radius 2 is 2.35 bits per heavy atom. The first-order chi connectivity index (χ1) is 9.69. The number of carbonyl (C=O) groups excluding carboxylic acids is 1. The lowest BCUT2D eigenvalue weighted by Crippen LogP contribution is -2.45. The summed E-state index contributed by atoms with van der Waals surface area (Å²) in [5.74, 6) is 1.46. The summed E-state index contributed by atoms with van der Waals surface area (Å²) in [7, 11) is 1.82. The highest BCUT2D eigenvalue weighted by Crippen LogP contribution is 2.34. The van der Waals surface area contributed by atoms with E-state index in [9.17, 15) is 4.79 Å². The maximum absolute atomic E-state index is 12.3. The minimum atomic E-state index is -0.0234. The molecule has 104 valence electrons. The van der Waals surface area contributed by atoms with Gasteiger partial charge in [0.05, 0.1) is 17.2 Å². The Hall–Kier alpha value is -2.02. The molecule has 1 fully saturated rings. The Morgan fingerprint density at radius 3 is 2.95 bits per heavy atom. The van der Waals surface area contributed by atoms with Crippen LogP contribution in [0.25, 0.3) is 0 Å². The van der Waals surface area contributed by atoms with Crippen molar-refractivity contribution in [2.75, 3.05) is 18.9 Å². The van der Waals surface area contributed by atoms with Gasteiger partial charge in [0.25, 0.3) is 5.91 Å². The number of thiazole rings is 1. The second-order valence-electron chi connectivity index (χ2n) is 4.65. The molecule has 20 heavy (non-hydrogen) atoms. The van der Waals surface area contributed by atoms with Crippen molar-refractivity contribution in [3.8, 4) is 0 Å². The van der Waals surface area contributed by atoms with Crippen LogP contribution in [0, 0.1) is 6.92 Å². The molecule has 0 aliphatic carbocycles. The van der Waals surface area contributed by atoms with E-state index < -0.39 is 0 Å². The van der Waals surface area contributed by atoms with E-state index in [2.05, 4.69) is 20.3 Å². The molecule has 1 amide bonds. The third kappa shape index (κ3) is 2.24. The van der Waals surface area contributed by atoms with Crippen molar-refractivity contribution in [3.63, 3.8) is 0 Å². The van der Waals surface area contributed by atoms with Gasteiger partial charge in [-0.2, -0.15) is 0 Å². The van der Waals surface area contributed by atoms with Crippen molar-refractivity contribution >= 4 is 23.1 Å². The molecular formula is C13H15N5OS. The quantitative estimate of drug-likeness (QED) is 0.934. The minimum absolute atomic E-state index is 0.0234. The zero-order chi connectivity index (χ0) is 14.1. The van der Waals surface area contributed by atoms with Gasteiger partial charge in [0.15, 0.2) is 0 Å². The second-order valence-corrected chi connectivity index (χ2v) is 5.37. The highest BCUT2D eigenvalue weighted by atomic mass is 32.1. The van der Waals surface area contributed by atoms with Crippen LogP contribution in [-0.2, 0) is 0 Å². The molecule has 0 bridgehead atoms. The van der Waals surface area contributed by atoms with Crippen LogP contribution in [0.2, 0.25) is 0 Å². The van der Waals surface area contributed by atoms with Crippen LogP contribution in [-0.4, -0.2) is 39.4 Å². The number of likely N-dealkylation sites (tertiary alicyclic amines) is 1. The van der Waals surface area contributed by atoms with Crippen molar-refractivity contribution < 1.29 is 4.79 Å². The molecule has 3 heterocycles. The first-order valence-corrected chi connectivity index (χ1v) is 7.36. The third-order valence-electron chi connectivity index (χ3n) is 3.39. The zero-order valence-corrected chi connectivity index (χ0v) is 12.1. The molecule has 0 spiro atoms. The summed E-state index contributed by atoms with van der Waals surface area (Å²) in [6.07, 6.45) is 0.926. The average molecular weight is 289 g/mol. The van der Waals surface area contributed by atoms with E-state index in [4.69, 9.17) is 0 Å². The molecule has 1 aliphatic heterocycles. The lowest BCUT2D eigenvalue weighted by Gasteiger charge is -2.40. The van der Waals surface area contributed by atoms with Crippen molar-refractivity contribution in [1.82, 2.24) is 19.9 Å². The van der Waals surface area contributed by atoms with Crippen molar-refractivity contribution in [3.05, 3.63) is 34.2 Å². The fraction of sp³-hybridized carbons (Fsp3) is 0.385. The second kappa shape index (κ2) is 5.16. The number of anilines is 1. The van der Waals surface area contributed by atoms with Crippen molar-refractivity contribution in [2.24, 2.45) is 0 Å². The molecular weight excluding hydrogens is 274 g/mol. The number of hydrogen-bond acceptors (Lipinski definition) is 6. The van der Waals surface area contributed by atoms with Gasteiger partial charge in [0.1, 0.15) is 17.3 Å². The summed E-state index contributed by atoms with van der Waals surface area (Å²) < 4.78 is 0. The van der Waals surface area contributed by atoms with E-state index in [1.165, 1.54) is 11.3 Å². The Morgan fingerprint density at radius 1 is 1.50 bits per heavy atom. The normalized spacial score (nSPS) is 17.7. The maximum atomic E-state index is 12.3. The fourth-order valence-electron chi connectivity index (χ4n) is 2.29. The standard InChI is InChI=1S/C13H15N5OS/c1-8-16-9(5-12(14-2)17-8)11-3-4-18(11)13(19)10-6-20-7-15-10/h5-7,11H,3-4H2,1-2H3,(H,14,16,17)/t11-/m1/s1. The van der Waals surface area contributed by atoms with E-state index >= 15 is 0 Å². The zero-order valence-electron chi connectivity index (χ0n) is 11.3. The molecule has 2 aromatic rings. The van der Waals surface area contributed by atoms with Crippen LogP contribution in [0.4, 0.5) is 5.82 Å². The number of aromatic nitrogens is 3. The number of rotatable bonds is 3. The van der Waals surface area contributed by atoms with Gasteiger partial charge >= 0.3 is 0 Å². The van der Waals surface area contributed by atoms with Gasteiger partial charge in [-0.15, -0.1) is 11.3 Å². The topological polar surface area (TPSA) is 71.0 Å². The lowest BCUT2D eigenvalue weighted by molar-refractivity contribution is 0.0445. The molecule has 0 aromatic carbocycles. The molecule has 3 rings (SSSR count). The van der Waals surface area contributed by atoms with Crippen LogP contribution in [0.15, 0.2) is 17.0 Å². The van der Waals surface area contributed by atoms with Gasteiger partial charge in [-0.3, -0.25) is 4.79 Å². The smallest absolute Gasteiger partial charge is 0.273 e. The first-order valence-electron chi connectivity index (χ1n) is 6.41. The summed E-state index contributed by atoms with van der Waals surface area (Å²) >= 11 is 1.43. The van der Waals surface area contributed by atoms with Crippen LogP contribution in [0.3, 0.4) is 0 Å². The number of amides is 1. The number of carbonyl (C=O) groups is 1. The molecule has 1 aliphatic rings. The molecule has 6 nitrogen and oxygen atoms in total. The largest absolute Gasteiger partial charge is 0.373 e. The van der Waals surface area contributed by atoms with Gasteiger partial charge in [-0.1, -0.05) is 0 Å². The molecule has 1 atom stereocenters. The van der Waals surface area contributed by atoms with Gasteiger partial charge in [-0.05, 0) is 13.3 Å². The summed E-state index contributed by atoms with van der Waals surface area (Å²) in [5, 5.41) is 4.80. The highest BCUT2D eigenvalue weighted by Gasteiger charge is 2.35. The average Bonchev–Trinajstić information content (AvgIpc) is 2.90. The number of nitrogens with one attached hydrogen (secondary N) is 1. The van der Waals surface area contributed by atoms with Crippen molar-refractivity contribution in [1.29, 1.82) is 0 Å². The summed E-state index contributed by atoms with van der Waals surface area (Å²) in [4.78, 5) is 27.0. The van der Waals surface area contributed by atoms with Gasteiger partial charge < -0.3 is 10.2 Å². The Kier molecular flexibility index (Phi) is 3.35. The maximum Gasteiger partial charge on any atom is 0.273 e. The molecule has 2 aromatic heterocycles. The Bertz CT molecular complexity index is 628. The van der Waals surface area contributed by atoms with Crippen molar-refractivity contribution in [2.45, 2.75) is 19.4 Å². The summed E-state index contributed by atoms with van der Waals surface area (Å²) in [5.41, 5.74) is 3.08. The van der Waals surface area contributed by atoms with E-state index in [1.54, 1.807) is 10.9 Å². The molecule has 1 saturated heterocycles. The van der Waals surface area contributed by atoms with E-state index in [-0.39, 0.29) is 11.9 Å². The Labute approximate surface area is 120 Å². The molecule has 0 radical (unpaired) electrons. The van der Waals surface area contributed by atoms with Gasteiger partial charge in [0.2, 0.25) is 0 Å². The number of nitrogens with zero attached hydrogens (tertiary/aromatic N) is 4. The number of hydrogen-bond donors (Lipinski definition) is 1. The first kappa shape index (κ1) is 13.0. The van der Waals surface area contributed by atoms with E-state index in [0.717, 1.165) is 24.5 Å². The molecule has 0 saturated carbocycles. The Balaban J connectivity index is 1.84. The summed E-state index contributed by atoms with van der Waals surface area (Å²) in [6.45, 7) is 2.61. The van der Waals surface area contributed by atoms with Gasteiger partial charge in [-0.25, -0.2) is 15.0 Å². The third-order valence-corrected chi connectivity index (χ3v) is 3.97. The fourth-order valence-corrected chi connectivity index (χ4v) is 2.82. The molecule has 1 N–H and O–H groups in total.